The van der Waals surface area contributed by atoms with E-state index in [9.17, 15) is 0 Å². The van der Waals surface area contributed by atoms with Crippen LogP contribution in [0.4, 0.5) is 0 Å². The minimum absolute atomic E-state index is 0.214. The molecule has 1 saturated heterocycles. The lowest BCUT2D eigenvalue weighted by atomic mass is 9.95. The number of hydrogen-bond acceptors (Lipinski definition) is 4. The molecule has 0 radical (unpaired) electrons. The van der Waals surface area contributed by atoms with Gasteiger partial charge in [-0.15, -0.1) is 0 Å². The predicted octanol–water partition coefficient (Wildman–Crippen LogP) is 0.707. The highest BCUT2D eigenvalue weighted by molar-refractivity contribution is 4.80. The van der Waals surface area contributed by atoms with Crippen LogP contribution in [0.3, 0.4) is 0 Å². The van der Waals surface area contributed by atoms with E-state index in [0.29, 0.717) is 12.0 Å². The van der Waals surface area contributed by atoms with Gasteiger partial charge in [-0.05, 0) is 25.3 Å². The number of likely N-dealkylation sites (tertiary alicyclic amines) is 1. The Kier molecular flexibility index (Phi) is 6.28. The average Bonchev–Trinajstić information content (AvgIpc) is 2.29. The number of nitrogens with two attached hydrogens (primary N) is 1. The molecule has 0 spiro atoms. The van der Waals surface area contributed by atoms with Crippen LogP contribution in [-0.4, -0.2) is 57.5 Å². The van der Waals surface area contributed by atoms with Gasteiger partial charge in [0.2, 0.25) is 0 Å². The minimum atomic E-state index is 0.214. The highest BCUT2D eigenvalue weighted by atomic mass is 16.5. The van der Waals surface area contributed by atoms with Crippen LogP contribution >= 0.6 is 0 Å². The predicted molar refractivity (Wildman–Crippen MR) is 65.5 cm³/mol. The molecule has 96 valence electrons. The zero-order chi connectivity index (χ0) is 12.0. The van der Waals surface area contributed by atoms with Crippen LogP contribution in [-0.2, 0) is 9.47 Å². The van der Waals surface area contributed by atoms with Crippen molar-refractivity contribution in [1.82, 2.24) is 4.90 Å². The number of rotatable bonds is 6. The highest BCUT2D eigenvalue weighted by Gasteiger charge is 2.26. The highest BCUT2D eigenvalue weighted by Crippen LogP contribution is 2.19. The molecule has 3 unspecified atom stereocenters. The van der Waals surface area contributed by atoms with E-state index in [4.69, 9.17) is 15.2 Å². The fraction of sp³-hybridized carbons (Fsp3) is 1.00. The maximum absolute atomic E-state index is 6.05. The van der Waals surface area contributed by atoms with Gasteiger partial charge < -0.3 is 15.2 Å². The van der Waals surface area contributed by atoms with Crippen molar-refractivity contribution >= 4 is 0 Å². The Bertz CT molecular complexity index is 190. The van der Waals surface area contributed by atoms with Crippen molar-refractivity contribution in [2.45, 2.75) is 31.9 Å². The van der Waals surface area contributed by atoms with Gasteiger partial charge in [0.1, 0.15) is 0 Å². The Labute approximate surface area is 99.1 Å². The Morgan fingerprint density at radius 2 is 2.19 bits per heavy atom. The average molecular weight is 230 g/mol. The quantitative estimate of drug-likeness (QED) is 0.730. The molecule has 1 heterocycles. The Balaban J connectivity index is 2.27. The van der Waals surface area contributed by atoms with E-state index in [1.54, 1.807) is 14.2 Å². The SMILES string of the molecule is COCCC(N)CN1CCC(C)C(OC)C1. The molecule has 16 heavy (non-hydrogen) atoms. The maximum Gasteiger partial charge on any atom is 0.0724 e. The van der Waals surface area contributed by atoms with Crippen LogP contribution in [0.2, 0.25) is 0 Å². The fourth-order valence-electron chi connectivity index (χ4n) is 2.26. The van der Waals surface area contributed by atoms with Crippen molar-refractivity contribution in [2.24, 2.45) is 11.7 Å². The Morgan fingerprint density at radius 1 is 1.44 bits per heavy atom. The van der Waals surface area contributed by atoms with Gasteiger partial charge in [0.25, 0.3) is 0 Å². The van der Waals surface area contributed by atoms with Gasteiger partial charge in [-0.2, -0.15) is 0 Å². The number of hydrogen-bond donors (Lipinski definition) is 1. The van der Waals surface area contributed by atoms with Crippen molar-refractivity contribution in [3.63, 3.8) is 0 Å². The summed E-state index contributed by atoms with van der Waals surface area (Å²) in [6, 6.07) is 0.214. The lowest BCUT2D eigenvalue weighted by Gasteiger charge is -2.37. The first-order valence-corrected chi connectivity index (χ1v) is 6.17. The van der Waals surface area contributed by atoms with E-state index >= 15 is 0 Å². The third-order valence-corrected chi connectivity index (χ3v) is 3.46. The van der Waals surface area contributed by atoms with Crippen LogP contribution in [0.1, 0.15) is 19.8 Å². The molecule has 0 bridgehead atoms. The molecular weight excluding hydrogens is 204 g/mol. The van der Waals surface area contributed by atoms with Crippen molar-refractivity contribution in [1.29, 1.82) is 0 Å². The summed E-state index contributed by atoms with van der Waals surface area (Å²) in [6.07, 6.45) is 2.50. The summed E-state index contributed by atoms with van der Waals surface area (Å²) in [5.41, 5.74) is 6.05. The van der Waals surface area contributed by atoms with E-state index in [2.05, 4.69) is 11.8 Å². The molecule has 0 aliphatic carbocycles. The van der Waals surface area contributed by atoms with E-state index in [1.807, 2.05) is 0 Å². The second-order valence-corrected chi connectivity index (χ2v) is 4.84. The summed E-state index contributed by atoms with van der Waals surface area (Å²) in [5.74, 6) is 0.663. The van der Waals surface area contributed by atoms with Crippen LogP contribution in [0, 0.1) is 5.92 Å². The summed E-state index contributed by atoms with van der Waals surface area (Å²) < 4.78 is 10.5. The first-order chi connectivity index (χ1) is 7.67. The smallest absolute Gasteiger partial charge is 0.0724 e. The van der Waals surface area contributed by atoms with E-state index in [-0.39, 0.29) is 6.04 Å². The zero-order valence-corrected chi connectivity index (χ0v) is 10.8. The third kappa shape index (κ3) is 4.37. The van der Waals surface area contributed by atoms with Crippen LogP contribution in [0.15, 0.2) is 0 Å². The van der Waals surface area contributed by atoms with Crippen LogP contribution < -0.4 is 5.73 Å². The summed E-state index contributed by atoms with van der Waals surface area (Å²) >= 11 is 0. The molecular formula is C12H26N2O2. The van der Waals surface area contributed by atoms with E-state index < -0.39 is 0 Å². The molecule has 2 N–H and O–H groups in total. The summed E-state index contributed by atoms with van der Waals surface area (Å²) in [5, 5.41) is 0. The van der Waals surface area contributed by atoms with Gasteiger partial charge in [-0.3, -0.25) is 4.90 Å². The molecule has 3 atom stereocenters. The molecule has 0 saturated carbocycles. The molecule has 0 aromatic carbocycles. The lowest BCUT2D eigenvalue weighted by Crippen LogP contribution is -2.48. The van der Waals surface area contributed by atoms with Gasteiger partial charge in [0.05, 0.1) is 6.10 Å². The molecule has 1 fully saturated rings. The van der Waals surface area contributed by atoms with Gasteiger partial charge in [0, 0.05) is 40.0 Å². The molecule has 1 rings (SSSR count). The molecule has 4 heteroatoms. The summed E-state index contributed by atoms with van der Waals surface area (Å²) in [7, 11) is 3.52. The Hall–Kier alpha value is -0.160. The van der Waals surface area contributed by atoms with Crippen LogP contribution in [0.25, 0.3) is 0 Å². The summed E-state index contributed by atoms with van der Waals surface area (Å²) in [4.78, 5) is 2.41. The number of methoxy groups -OCH3 is 2. The van der Waals surface area contributed by atoms with E-state index in [0.717, 1.165) is 32.7 Å². The van der Waals surface area contributed by atoms with Gasteiger partial charge in [-0.1, -0.05) is 6.92 Å². The van der Waals surface area contributed by atoms with Crippen molar-refractivity contribution in [3.8, 4) is 0 Å². The molecule has 0 aromatic rings. The van der Waals surface area contributed by atoms with Gasteiger partial charge in [0.15, 0.2) is 0 Å². The molecule has 4 nitrogen and oxygen atoms in total. The van der Waals surface area contributed by atoms with Gasteiger partial charge >= 0.3 is 0 Å². The first-order valence-electron chi connectivity index (χ1n) is 6.17. The van der Waals surface area contributed by atoms with Crippen LogP contribution in [0.5, 0.6) is 0 Å². The molecule has 1 aliphatic rings. The standard InChI is InChI=1S/C12H26N2O2/c1-10-4-6-14(9-12(10)16-3)8-11(13)5-7-15-2/h10-12H,4-9,13H2,1-3H3. The number of ether oxygens (including phenoxy) is 2. The van der Waals surface area contributed by atoms with Crippen molar-refractivity contribution in [2.75, 3.05) is 40.5 Å². The zero-order valence-electron chi connectivity index (χ0n) is 10.8. The lowest BCUT2D eigenvalue weighted by molar-refractivity contribution is -0.00707. The largest absolute Gasteiger partial charge is 0.385 e. The maximum atomic E-state index is 6.05. The Morgan fingerprint density at radius 3 is 2.81 bits per heavy atom. The van der Waals surface area contributed by atoms with Crippen molar-refractivity contribution in [3.05, 3.63) is 0 Å². The first kappa shape index (κ1) is 13.9. The monoisotopic (exact) mass is 230 g/mol. The van der Waals surface area contributed by atoms with E-state index in [1.165, 1.54) is 6.42 Å². The number of piperidine rings is 1. The van der Waals surface area contributed by atoms with Gasteiger partial charge in [-0.25, -0.2) is 0 Å². The third-order valence-electron chi connectivity index (χ3n) is 3.46. The van der Waals surface area contributed by atoms with Crippen molar-refractivity contribution < 1.29 is 9.47 Å². The number of nitrogens with zero attached hydrogens (tertiary/aromatic N) is 1. The second kappa shape index (κ2) is 7.22. The molecule has 0 amide bonds. The molecule has 1 aliphatic heterocycles. The summed E-state index contributed by atoms with van der Waals surface area (Å²) in [6.45, 7) is 6.12. The molecule has 0 aromatic heterocycles. The topological polar surface area (TPSA) is 47.7 Å². The minimum Gasteiger partial charge on any atom is -0.385 e. The normalized spacial score (nSPS) is 29.2. The second-order valence-electron chi connectivity index (χ2n) is 4.84. The fourth-order valence-corrected chi connectivity index (χ4v) is 2.26.